The van der Waals surface area contributed by atoms with Gasteiger partial charge in [-0.05, 0) is 25.3 Å². The summed E-state index contributed by atoms with van der Waals surface area (Å²) >= 11 is 0. The summed E-state index contributed by atoms with van der Waals surface area (Å²) in [5.41, 5.74) is 1.56. The standard InChI is InChI=1S/C13H15N5/c1-2-7-18(8-3-1)9-5-13-15-12-10-14-6-4-11(12)16-17-13/h4-6,9-10H,1-3,7-8H2/b9-5+. The van der Waals surface area contributed by atoms with Gasteiger partial charge >= 0.3 is 0 Å². The fourth-order valence-electron chi connectivity index (χ4n) is 2.11. The van der Waals surface area contributed by atoms with E-state index in [9.17, 15) is 0 Å². The molecule has 1 saturated heterocycles. The first-order valence-electron chi connectivity index (χ1n) is 6.28. The van der Waals surface area contributed by atoms with Crippen LogP contribution in [0.4, 0.5) is 0 Å². The van der Waals surface area contributed by atoms with E-state index in [1.165, 1.54) is 19.3 Å². The van der Waals surface area contributed by atoms with Crippen LogP contribution in [0.2, 0.25) is 0 Å². The summed E-state index contributed by atoms with van der Waals surface area (Å²) in [5, 5.41) is 8.21. The predicted molar refractivity (Wildman–Crippen MR) is 69.6 cm³/mol. The van der Waals surface area contributed by atoms with Gasteiger partial charge in [-0.15, -0.1) is 10.2 Å². The summed E-state index contributed by atoms with van der Waals surface area (Å²) in [6.45, 7) is 2.25. The first kappa shape index (κ1) is 11.1. The predicted octanol–water partition coefficient (Wildman–Crippen LogP) is 1.88. The SMILES string of the molecule is C(=C\N1CCCCC1)/c1nnc2ccncc2n1. The zero-order valence-electron chi connectivity index (χ0n) is 10.2. The number of fused-ring (bicyclic) bond motifs is 1. The van der Waals surface area contributed by atoms with Gasteiger partial charge in [0.1, 0.15) is 11.0 Å². The molecule has 0 bridgehead atoms. The van der Waals surface area contributed by atoms with Crippen LogP contribution in [0.3, 0.4) is 0 Å². The van der Waals surface area contributed by atoms with Crippen molar-refractivity contribution in [2.75, 3.05) is 13.1 Å². The Morgan fingerprint density at radius 2 is 1.94 bits per heavy atom. The van der Waals surface area contributed by atoms with Crippen LogP contribution in [0.1, 0.15) is 25.1 Å². The molecule has 18 heavy (non-hydrogen) atoms. The maximum absolute atomic E-state index is 4.41. The highest BCUT2D eigenvalue weighted by atomic mass is 15.2. The Balaban J connectivity index is 1.79. The molecule has 1 fully saturated rings. The first-order chi connectivity index (χ1) is 8.92. The number of piperidine rings is 1. The maximum Gasteiger partial charge on any atom is 0.176 e. The molecule has 0 radical (unpaired) electrons. The van der Waals surface area contributed by atoms with E-state index < -0.39 is 0 Å². The Kier molecular flexibility index (Phi) is 3.12. The van der Waals surface area contributed by atoms with Crippen molar-refractivity contribution in [3.8, 4) is 0 Å². The van der Waals surface area contributed by atoms with Crippen LogP contribution in [-0.2, 0) is 0 Å². The molecule has 2 aromatic rings. The third-order valence-corrected chi connectivity index (χ3v) is 3.10. The average molecular weight is 241 g/mol. The smallest absolute Gasteiger partial charge is 0.176 e. The molecule has 0 N–H and O–H groups in total. The number of hydrogen-bond acceptors (Lipinski definition) is 5. The molecule has 0 aromatic carbocycles. The highest BCUT2D eigenvalue weighted by Crippen LogP contribution is 2.10. The largest absolute Gasteiger partial charge is 0.377 e. The lowest BCUT2D eigenvalue weighted by Gasteiger charge is -2.24. The zero-order chi connectivity index (χ0) is 12.2. The molecule has 2 aromatic heterocycles. The van der Waals surface area contributed by atoms with Gasteiger partial charge in [0.15, 0.2) is 5.82 Å². The van der Waals surface area contributed by atoms with Crippen molar-refractivity contribution in [1.82, 2.24) is 25.1 Å². The van der Waals surface area contributed by atoms with Crippen LogP contribution in [-0.4, -0.2) is 38.2 Å². The summed E-state index contributed by atoms with van der Waals surface area (Å²) in [6, 6.07) is 1.81. The van der Waals surface area contributed by atoms with Gasteiger partial charge in [0.2, 0.25) is 0 Å². The Morgan fingerprint density at radius 3 is 2.83 bits per heavy atom. The van der Waals surface area contributed by atoms with E-state index in [0.717, 1.165) is 24.1 Å². The molecule has 0 atom stereocenters. The Morgan fingerprint density at radius 1 is 1.06 bits per heavy atom. The van der Waals surface area contributed by atoms with Crippen LogP contribution in [0, 0.1) is 0 Å². The molecule has 0 amide bonds. The van der Waals surface area contributed by atoms with Crippen molar-refractivity contribution in [2.24, 2.45) is 0 Å². The quantitative estimate of drug-likeness (QED) is 0.803. The number of rotatable bonds is 2. The molecule has 1 aliphatic rings. The summed E-state index contributed by atoms with van der Waals surface area (Å²) in [4.78, 5) is 10.8. The fraction of sp³-hybridized carbons (Fsp3) is 0.385. The van der Waals surface area contributed by atoms with E-state index in [0.29, 0.717) is 5.82 Å². The number of likely N-dealkylation sites (tertiary alicyclic amines) is 1. The van der Waals surface area contributed by atoms with E-state index in [1.807, 2.05) is 12.1 Å². The second-order valence-corrected chi connectivity index (χ2v) is 4.45. The summed E-state index contributed by atoms with van der Waals surface area (Å²) in [5.74, 6) is 0.640. The molecule has 0 saturated carbocycles. The fourth-order valence-corrected chi connectivity index (χ4v) is 2.11. The van der Waals surface area contributed by atoms with Crippen molar-refractivity contribution in [3.05, 3.63) is 30.5 Å². The molecule has 0 aliphatic carbocycles. The van der Waals surface area contributed by atoms with Gasteiger partial charge in [-0.25, -0.2) is 4.98 Å². The van der Waals surface area contributed by atoms with Crippen LogP contribution in [0.5, 0.6) is 0 Å². The first-order valence-corrected chi connectivity index (χ1v) is 6.28. The molecule has 3 heterocycles. The van der Waals surface area contributed by atoms with E-state index in [4.69, 9.17) is 0 Å². The number of nitrogens with zero attached hydrogens (tertiary/aromatic N) is 5. The van der Waals surface area contributed by atoms with E-state index in [-0.39, 0.29) is 0 Å². The van der Waals surface area contributed by atoms with E-state index in [2.05, 4.69) is 31.3 Å². The summed E-state index contributed by atoms with van der Waals surface area (Å²) in [7, 11) is 0. The van der Waals surface area contributed by atoms with Gasteiger partial charge in [0.25, 0.3) is 0 Å². The zero-order valence-corrected chi connectivity index (χ0v) is 10.2. The monoisotopic (exact) mass is 241 g/mol. The van der Waals surface area contributed by atoms with Gasteiger partial charge in [-0.1, -0.05) is 0 Å². The van der Waals surface area contributed by atoms with Crippen molar-refractivity contribution < 1.29 is 0 Å². The molecular formula is C13H15N5. The van der Waals surface area contributed by atoms with Gasteiger partial charge in [0.05, 0.1) is 6.20 Å². The second-order valence-electron chi connectivity index (χ2n) is 4.45. The van der Waals surface area contributed by atoms with Crippen molar-refractivity contribution in [2.45, 2.75) is 19.3 Å². The lowest BCUT2D eigenvalue weighted by Crippen LogP contribution is -2.24. The maximum atomic E-state index is 4.41. The highest BCUT2D eigenvalue weighted by molar-refractivity contribution is 5.72. The summed E-state index contributed by atoms with van der Waals surface area (Å²) in [6.07, 6.45) is 11.3. The number of hydrogen-bond donors (Lipinski definition) is 0. The van der Waals surface area contributed by atoms with Gasteiger partial charge in [0, 0.05) is 31.6 Å². The van der Waals surface area contributed by atoms with Gasteiger partial charge in [-0.2, -0.15) is 0 Å². The lowest BCUT2D eigenvalue weighted by atomic mass is 10.1. The third-order valence-electron chi connectivity index (χ3n) is 3.10. The molecule has 1 aliphatic heterocycles. The molecular weight excluding hydrogens is 226 g/mol. The molecule has 5 heteroatoms. The van der Waals surface area contributed by atoms with Gasteiger partial charge in [-0.3, -0.25) is 4.98 Å². The summed E-state index contributed by atoms with van der Waals surface area (Å²) < 4.78 is 0. The Hall–Kier alpha value is -2.04. The minimum Gasteiger partial charge on any atom is -0.377 e. The van der Waals surface area contributed by atoms with Crippen LogP contribution < -0.4 is 0 Å². The minimum absolute atomic E-state index is 0.640. The second kappa shape index (κ2) is 5.08. The highest BCUT2D eigenvalue weighted by Gasteiger charge is 2.05. The van der Waals surface area contributed by atoms with Crippen LogP contribution in [0.25, 0.3) is 17.1 Å². The molecule has 5 nitrogen and oxygen atoms in total. The van der Waals surface area contributed by atoms with Crippen LogP contribution >= 0.6 is 0 Å². The molecule has 3 rings (SSSR count). The Bertz CT molecular complexity index is 560. The number of aromatic nitrogens is 4. The van der Waals surface area contributed by atoms with Crippen LogP contribution in [0.15, 0.2) is 24.7 Å². The topological polar surface area (TPSA) is 54.8 Å². The molecule has 0 spiro atoms. The normalized spacial score (nSPS) is 16.6. The average Bonchev–Trinajstić information content (AvgIpc) is 2.46. The van der Waals surface area contributed by atoms with E-state index >= 15 is 0 Å². The lowest BCUT2D eigenvalue weighted by molar-refractivity contribution is 0.311. The van der Waals surface area contributed by atoms with Crippen molar-refractivity contribution in [3.63, 3.8) is 0 Å². The Labute approximate surface area is 106 Å². The minimum atomic E-state index is 0.640. The number of pyridine rings is 1. The van der Waals surface area contributed by atoms with Crippen molar-refractivity contribution in [1.29, 1.82) is 0 Å². The molecule has 0 unspecified atom stereocenters. The van der Waals surface area contributed by atoms with Gasteiger partial charge < -0.3 is 4.90 Å². The molecule has 92 valence electrons. The van der Waals surface area contributed by atoms with Crippen molar-refractivity contribution >= 4 is 17.1 Å². The third kappa shape index (κ3) is 2.45. The van der Waals surface area contributed by atoms with E-state index in [1.54, 1.807) is 12.4 Å².